The summed E-state index contributed by atoms with van der Waals surface area (Å²) in [7, 11) is -3.76. The number of aryl methyl sites for hydroxylation is 1. The Morgan fingerprint density at radius 1 is 1.04 bits per heavy atom. The average molecular weight is 653 g/mol. The highest BCUT2D eigenvalue weighted by atomic mass is 32.2. The summed E-state index contributed by atoms with van der Waals surface area (Å²) >= 11 is 0. The highest BCUT2D eigenvalue weighted by Gasteiger charge is 2.49. The molecule has 5 heterocycles. The van der Waals surface area contributed by atoms with E-state index in [4.69, 9.17) is 15.2 Å². The molecule has 0 atom stereocenters. The number of pyridine rings is 1. The first-order valence-electron chi connectivity index (χ1n) is 14.3. The van der Waals surface area contributed by atoms with Gasteiger partial charge in [-0.1, -0.05) is 6.07 Å². The molecule has 2 fully saturated rings. The highest BCUT2D eigenvalue weighted by Crippen LogP contribution is 2.43. The number of fused-ring (bicyclic) bond motifs is 1. The van der Waals surface area contributed by atoms with Crippen LogP contribution in [-0.4, -0.2) is 59.5 Å². The predicted molar refractivity (Wildman–Crippen MR) is 162 cm³/mol. The average Bonchev–Trinajstić information content (AvgIpc) is 3.67. The molecule has 0 saturated carbocycles. The van der Waals surface area contributed by atoms with Gasteiger partial charge in [-0.2, -0.15) is 5.10 Å². The molecule has 0 unspecified atom stereocenters. The molecule has 2 aliphatic rings. The van der Waals surface area contributed by atoms with E-state index >= 15 is 4.39 Å². The number of nitrogens with zero attached hydrogens (tertiary/aromatic N) is 4. The maximum atomic E-state index is 15.4. The number of sulfonamides is 1. The van der Waals surface area contributed by atoms with Gasteiger partial charge in [0, 0.05) is 42.1 Å². The van der Waals surface area contributed by atoms with Crippen molar-refractivity contribution >= 4 is 38.2 Å². The molecule has 3 N–H and O–H groups in total. The number of rotatable bonds is 6. The van der Waals surface area contributed by atoms with Crippen LogP contribution in [0, 0.1) is 29.8 Å². The lowest BCUT2D eigenvalue weighted by atomic mass is 9.82. The zero-order valence-electron chi connectivity index (χ0n) is 24.4. The molecular weight excluding hydrogens is 625 g/mol. The number of nitrogens with two attached hydrogens (primary N) is 1. The number of aromatic amines is 1. The Bertz CT molecular complexity index is 2120. The van der Waals surface area contributed by atoms with Crippen molar-refractivity contribution in [3.63, 3.8) is 0 Å². The molecule has 0 bridgehead atoms. The van der Waals surface area contributed by atoms with Crippen molar-refractivity contribution < 1.29 is 35.9 Å². The second kappa shape index (κ2) is 10.9. The smallest absolute Gasteiger partial charge is 0.235 e. The lowest BCUT2D eigenvalue weighted by Crippen LogP contribution is -2.34. The largest absolute Gasteiger partial charge is 0.433 e. The molecule has 0 aliphatic carbocycles. The summed E-state index contributed by atoms with van der Waals surface area (Å²) in [6, 6.07) is 8.83. The number of halogens is 3. The van der Waals surface area contributed by atoms with Gasteiger partial charge < -0.3 is 20.2 Å². The number of nitrogens with one attached hydrogen (secondary N) is 1. The third kappa shape index (κ3) is 5.04. The van der Waals surface area contributed by atoms with Crippen LogP contribution < -0.4 is 14.8 Å². The molecular formula is C31H27F3N6O5S. The summed E-state index contributed by atoms with van der Waals surface area (Å²) in [5, 5.41) is 4.61. The van der Waals surface area contributed by atoms with Gasteiger partial charge in [-0.15, -0.1) is 0 Å². The van der Waals surface area contributed by atoms with Crippen LogP contribution in [0.2, 0.25) is 0 Å². The Balaban J connectivity index is 1.15. The first-order chi connectivity index (χ1) is 21.9. The van der Waals surface area contributed by atoms with E-state index in [0.717, 1.165) is 16.4 Å². The van der Waals surface area contributed by atoms with E-state index in [2.05, 4.69) is 15.1 Å². The van der Waals surface area contributed by atoms with Gasteiger partial charge in [0.2, 0.25) is 27.4 Å². The van der Waals surface area contributed by atoms with Crippen molar-refractivity contribution in [3.05, 3.63) is 89.1 Å². The van der Waals surface area contributed by atoms with Crippen molar-refractivity contribution in [3.8, 4) is 17.3 Å². The van der Waals surface area contributed by atoms with E-state index in [-0.39, 0.29) is 40.9 Å². The molecule has 2 aliphatic heterocycles. The zero-order chi connectivity index (χ0) is 32.4. The third-order valence-electron chi connectivity index (χ3n) is 8.52. The van der Waals surface area contributed by atoms with E-state index in [1.165, 1.54) is 47.4 Å². The van der Waals surface area contributed by atoms with Gasteiger partial charge in [-0.05, 0) is 55.7 Å². The van der Waals surface area contributed by atoms with Gasteiger partial charge in [0.25, 0.3) is 0 Å². The van der Waals surface area contributed by atoms with Crippen LogP contribution in [0.3, 0.4) is 0 Å². The number of ether oxygens (including phenoxy) is 2. The number of benzene rings is 2. The maximum Gasteiger partial charge on any atom is 0.235 e. The van der Waals surface area contributed by atoms with Gasteiger partial charge in [0.1, 0.15) is 11.6 Å². The quantitative estimate of drug-likeness (QED) is 0.243. The van der Waals surface area contributed by atoms with Crippen LogP contribution >= 0.6 is 0 Å². The summed E-state index contributed by atoms with van der Waals surface area (Å²) < 4.78 is 82.8. The van der Waals surface area contributed by atoms with Crippen LogP contribution in [0.4, 0.5) is 24.7 Å². The molecule has 0 radical (unpaired) electrons. The van der Waals surface area contributed by atoms with Crippen LogP contribution in [-0.2, 0) is 14.8 Å². The van der Waals surface area contributed by atoms with Gasteiger partial charge in [-0.3, -0.25) is 9.10 Å². The van der Waals surface area contributed by atoms with Crippen molar-refractivity contribution in [2.75, 3.05) is 35.6 Å². The lowest BCUT2D eigenvalue weighted by molar-refractivity contribution is 0.0331. The summed E-state index contributed by atoms with van der Waals surface area (Å²) in [4.78, 5) is 20.6. The molecule has 2 saturated heterocycles. The van der Waals surface area contributed by atoms with Gasteiger partial charge >= 0.3 is 0 Å². The normalized spacial score (nSPS) is 17.2. The number of carbonyl (C=O) groups excluding carboxylic acids is 1. The van der Waals surface area contributed by atoms with E-state index in [1.54, 1.807) is 6.92 Å². The van der Waals surface area contributed by atoms with Crippen molar-refractivity contribution in [2.45, 2.75) is 19.8 Å². The van der Waals surface area contributed by atoms with Crippen LogP contribution in [0.1, 0.15) is 34.5 Å². The number of carbonyl (C=O) groups is 1. The summed E-state index contributed by atoms with van der Waals surface area (Å²) in [5.74, 6) is -3.78. The molecule has 11 nitrogen and oxygen atoms in total. The molecule has 46 heavy (non-hydrogen) atoms. The Labute approximate surface area is 260 Å². The summed E-state index contributed by atoms with van der Waals surface area (Å²) in [6.07, 6.45) is 3.76. The van der Waals surface area contributed by atoms with Crippen LogP contribution in [0.25, 0.3) is 16.6 Å². The van der Waals surface area contributed by atoms with Crippen molar-refractivity contribution in [1.82, 2.24) is 19.7 Å². The number of ketones is 1. The SMILES string of the molecule is Cc1cc(Oc2c(F)cccc2F)ncc1-n1ncc(C(=O)c2cc3cc(F)c(N4CC5(CCOCC5)CS4(=O)=O)cc3[nH]2)c1N. The second-order valence-corrected chi connectivity index (χ2v) is 13.5. The third-order valence-corrected chi connectivity index (χ3v) is 10.5. The number of H-pyrrole nitrogens is 1. The summed E-state index contributed by atoms with van der Waals surface area (Å²) in [6.45, 7) is 2.75. The standard InChI is InChI=1S/C31H27F3N6O5S/c1-17-9-27(45-29-20(32)3-2-4-21(29)33)36-14-26(17)40-30(35)19(13-37-40)28(41)24-11-18-10-22(34)25(12-23(18)38-24)39-15-31(16-46(39,42)43)5-7-44-8-6-31/h2-4,9-14,38H,5-8,15-16,35H2,1H3. The monoisotopic (exact) mass is 652 g/mol. The topological polar surface area (TPSA) is 145 Å². The Hall–Kier alpha value is -4.89. The zero-order valence-corrected chi connectivity index (χ0v) is 25.2. The van der Waals surface area contributed by atoms with Crippen LogP contribution in [0.15, 0.2) is 54.9 Å². The lowest BCUT2D eigenvalue weighted by Gasteiger charge is -2.31. The Morgan fingerprint density at radius 3 is 2.50 bits per heavy atom. The van der Waals surface area contributed by atoms with E-state index in [1.807, 2.05) is 0 Å². The van der Waals surface area contributed by atoms with E-state index in [0.29, 0.717) is 48.2 Å². The Morgan fingerprint density at radius 2 is 1.78 bits per heavy atom. The molecule has 3 aromatic heterocycles. The Kier molecular flexibility index (Phi) is 7.05. The first-order valence-corrected chi connectivity index (χ1v) is 15.9. The molecule has 5 aromatic rings. The van der Waals surface area contributed by atoms with Gasteiger partial charge in [0.15, 0.2) is 11.6 Å². The van der Waals surface area contributed by atoms with E-state index in [9.17, 15) is 22.0 Å². The molecule has 15 heteroatoms. The highest BCUT2D eigenvalue weighted by molar-refractivity contribution is 7.93. The maximum absolute atomic E-state index is 15.4. The van der Waals surface area contributed by atoms with Crippen molar-refractivity contribution in [2.24, 2.45) is 5.41 Å². The fraction of sp³-hybridized carbons (Fsp3) is 0.258. The van der Waals surface area contributed by atoms with Gasteiger partial charge in [-0.25, -0.2) is 31.3 Å². The molecule has 0 amide bonds. The molecule has 238 valence electrons. The first kappa shape index (κ1) is 29.8. The molecule has 7 rings (SSSR count). The number of anilines is 2. The van der Waals surface area contributed by atoms with Crippen molar-refractivity contribution in [1.29, 1.82) is 0 Å². The minimum absolute atomic E-state index is 0.0147. The number of nitrogen functional groups attached to an aromatic ring is 1. The van der Waals surface area contributed by atoms with E-state index < -0.39 is 44.4 Å². The second-order valence-electron chi connectivity index (χ2n) is 11.6. The molecule has 1 spiro atoms. The van der Waals surface area contributed by atoms with Crippen LogP contribution in [0.5, 0.6) is 11.6 Å². The minimum atomic E-state index is -3.76. The summed E-state index contributed by atoms with van der Waals surface area (Å²) in [5.41, 5.74) is 7.18. The number of para-hydroxylation sites is 1. The minimum Gasteiger partial charge on any atom is -0.433 e. The fourth-order valence-electron chi connectivity index (χ4n) is 6.07. The number of hydrogen-bond donors (Lipinski definition) is 2. The predicted octanol–water partition coefficient (Wildman–Crippen LogP) is 5.03. The fourth-order valence-corrected chi connectivity index (χ4v) is 8.29. The number of aromatic nitrogens is 4. The number of hydrogen-bond acceptors (Lipinski definition) is 8. The molecule has 2 aromatic carbocycles. The van der Waals surface area contributed by atoms with Gasteiger partial charge in [0.05, 0.1) is 40.8 Å².